The van der Waals surface area contributed by atoms with Crippen LogP contribution in [0, 0.1) is 0 Å². The Bertz CT molecular complexity index is 1590. The molecule has 5 rings (SSSR count). The van der Waals surface area contributed by atoms with Gasteiger partial charge in [0.1, 0.15) is 10.3 Å². The van der Waals surface area contributed by atoms with Crippen molar-refractivity contribution in [1.82, 2.24) is 18.9 Å². The molecular formula is C22H14Cl2N4O2S2. The van der Waals surface area contributed by atoms with Crippen LogP contribution < -0.4 is 11.1 Å². The minimum atomic E-state index is -0.220. The highest BCUT2D eigenvalue weighted by atomic mass is 35.5. The second kappa shape index (κ2) is 8.71. The largest absolute Gasteiger partial charge is 0.282 e. The molecule has 160 valence electrons. The summed E-state index contributed by atoms with van der Waals surface area (Å²) in [5.41, 5.74) is 2.24. The fraction of sp³-hybridized carbons (Fsp3) is 0.0909. The minimum Gasteiger partial charge on any atom is -0.282 e. The van der Waals surface area contributed by atoms with Crippen LogP contribution in [-0.2, 0) is 12.3 Å². The first-order chi connectivity index (χ1) is 15.5. The molecule has 6 nitrogen and oxygen atoms in total. The summed E-state index contributed by atoms with van der Waals surface area (Å²) < 4.78 is 3.62. The molecule has 4 aromatic heterocycles. The summed E-state index contributed by atoms with van der Waals surface area (Å²) in [5, 5.41) is 3.44. The van der Waals surface area contributed by atoms with E-state index in [0.29, 0.717) is 49.1 Å². The maximum absolute atomic E-state index is 13.2. The maximum Gasteiger partial charge on any atom is 0.272 e. The van der Waals surface area contributed by atoms with E-state index in [1.54, 1.807) is 22.8 Å². The summed E-state index contributed by atoms with van der Waals surface area (Å²) in [6, 6.07) is 14.1. The molecule has 0 spiro atoms. The summed E-state index contributed by atoms with van der Waals surface area (Å²) in [6.07, 6.45) is 1.54. The quantitative estimate of drug-likeness (QED) is 0.247. The summed E-state index contributed by atoms with van der Waals surface area (Å²) in [5.74, 6) is 0.374. The van der Waals surface area contributed by atoms with Gasteiger partial charge in [0.15, 0.2) is 5.16 Å². The van der Waals surface area contributed by atoms with E-state index in [2.05, 4.69) is 4.98 Å². The molecule has 0 aliphatic carbocycles. The van der Waals surface area contributed by atoms with Gasteiger partial charge in [-0.3, -0.25) is 18.6 Å². The van der Waals surface area contributed by atoms with E-state index in [1.165, 1.54) is 39.8 Å². The first kappa shape index (κ1) is 21.2. The van der Waals surface area contributed by atoms with Gasteiger partial charge in [0.25, 0.3) is 11.1 Å². The zero-order valence-electron chi connectivity index (χ0n) is 16.4. The number of aromatic nitrogens is 4. The van der Waals surface area contributed by atoms with Crippen LogP contribution in [-0.4, -0.2) is 18.9 Å². The third-order valence-corrected chi connectivity index (χ3v) is 7.34. The molecule has 4 heterocycles. The van der Waals surface area contributed by atoms with Gasteiger partial charge in [-0.1, -0.05) is 53.2 Å². The lowest BCUT2D eigenvalue weighted by Crippen LogP contribution is -2.23. The first-order valence-corrected chi connectivity index (χ1v) is 12.1. The number of rotatable bonds is 5. The highest BCUT2D eigenvalue weighted by Crippen LogP contribution is 2.25. The molecule has 1 aromatic carbocycles. The Kier molecular flexibility index (Phi) is 5.77. The number of hydrogen-bond donors (Lipinski definition) is 0. The monoisotopic (exact) mass is 500 g/mol. The third kappa shape index (κ3) is 4.06. The molecule has 0 bridgehead atoms. The van der Waals surface area contributed by atoms with E-state index >= 15 is 0 Å². The molecule has 0 N–H and O–H groups in total. The van der Waals surface area contributed by atoms with E-state index in [9.17, 15) is 9.59 Å². The molecule has 0 unspecified atom stereocenters. The van der Waals surface area contributed by atoms with Gasteiger partial charge in [0.2, 0.25) is 0 Å². The predicted molar refractivity (Wildman–Crippen MR) is 130 cm³/mol. The normalized spacial score (nSPS) is 11.4. The Morgan fingerprint density at radius 3 is 2.72 bits per heavy atom. The summed E-state index contributed by atoms with van der Waals surface area (Å²) in [6.45, 7) is 0.300. The van der Waals surface area contributed by atoms with Crippen molar-refractivity contribution in [2.24, 2.45) is 0 Å². The van der Waals surface area contributed by atoms with E-state index in [-0.39, 0.29) is 11.1 Å². The van der Waals surface area contributed by atoms with Crippen LogP contribution in [0.15, 0.2) is 74.9 Å². The molecule has 32 heavy (non-hydrogen) atoms. The number of benzene rings is 1. The lowest BCUT2D eigenvalue weighted by atomic mass is 10.2. The number of thioether (sulfide) groups is 1. The van der Waals surface area contributed by atoms with Gasteiger partial charge < -0.3 is 0 Å². The van der Waals surface area contributed by atoms with Crippen LogP contribution >= 0.6 is 46.3 Å². The van der Waals surface area contributed by atoms with E-state index in [4.69, 9.17) is 28.2 Å². The SMILES string of the molecule is O=c1c2sccc2nc(SCc2cc(=O)n3cc(Cl)ccc3n2)n1Cc1ccccc1Cl. The summed E-state index contributed by atoms with van der Waals surface area (Å²) in [7, 11) is 0. The van der Waals surface area contributed by atoms with Gasteiger partial charge in [-0.15, -0.1) is 11.3 Å². The first-order valence-electron chi connectivity index (χ1n) is 9.52. The second-order valence-electron chi connectivity index (χ2n) is 6.96. The van der Waals surface area contributed by atoms with Gasteiger partial charge in [0, 0.05) is 23.0 Å². The number of hydrogen-bond acceptors (Lipinski definition) is 6. The van der Waals surface area contributed by atoms with Crippen LogP contribution in [0.5, 0.6) is 0 Å². The number of fused-ring (bicyclic) bond motifs is 2. The van der Waals surface area contributed by atoms with Crippen molar-refractivity contribution in [1.29, 1.82) is 0 Å². The Balaban J connectivity index is 1.53. The van der Waals surface area contributed by atoms with Gasteiger partial charge in [0.05, 0.1) is 22.8 Å². The fourth-order valence-electron chi connectivity index (χ4n) is 3.31. The standard InChI is InChI=1S/C22H14Cl2N4O2S2/c23-14-5-6-18-25-15(9-19(29)27(18)11-14)12-32-22-26-17-7-8-31-20(17)21(30)28(22)10-13-3-1-2-4-16(13)24/h1-9,11H,10,12H2. The molecular weight excluding hydrogens is 487 g/mol. The molecule has 0 saturated heterocycles. The van der Waals surface area contributed by atoms with Crippen molar-refractivity contribution >= 4 is 62.2 Å². The van der Waals surface area contributed by atoms with Crippen LogP contribution in [0.2, 0.25) is 10.0 Å². The highest BCUT2D eigenvalue weighted by Gasteiger charge is 2.15. The zero-order chi connectivity index (χ0) is 22.2. The number of pyridine rings is 1. The Morgan fingerprint density at radius 1 is 1.03 bits per heavy atom. The Hall–Kier alpha value is -2.65. The Labute approximate surface area is 200 Å². The van der Waals surface area contributed by atoms with Crippen LogP contribution in [0.1, 0.15) is 11.3 Å². The third-order valence-electron chi connectivity index (χ3n) is 4.84. The van der Waals surface area contributed by atoms with E-state index in [1.807, 2.05) is 29.6 Å². The molecule has 0 atom stereocenters. The van der Waals surface area contributed by atoms with Crippen molar-refractivity contribution in [3.63, 3.8) is 0 Å². The van der Waals surface area contributed by atoms with Crippen LogP contribution in [0.4, 0.5) is 0 Å². The molecule has 5 aromatic rings. The molecule has 0 aliphatic rings. The van der Waals surface area contributed by atoms with Crippen molar-refractivity contribution < 1.29 is 0 Å². The van der Waals surface area contributed by atoms with Gasteiger partial charge in [-0.25, -0.2) is 9.97 Å². The molecule has 0 fully saturated rings. The lowest BCUT2D eigenvalue weighted by Gasteiger charge is -2.13. The smallest absolute Gasteiger partial charge is 0.272 e. The van der Waals surface area contributed by atoms with Crippen molar-refractivity contribution in [2.75, 3.05) is 0 Å². The van der Waals surface area contributed by atoms with Crippen LogP contribution in [0.3, 0.4) is 0 Å². The fourth-order valence-corrected chi connectivity index (χ4v) is 5.33. The average molecular weight is 501 g/mol. The molecule has 10 heteroatoms. The van der Waals surface area contributed by atoms with Crippen molar-refractivity contribution in [3.8, 4) is 0 Å². The minimum absolute atomic E-state index is 0.117. The second-order valence-corrected chi connectivity index (χ2v) is 9.66. The zero-order valence-corrected chi connectivity index (χ0v) is 19.5. The van der Waals surface area contributed by atoms with Gasteiger partial charge in [-0.05, 0) is 35.2 Å². The maximum atomic E-state index is 13.2. The predicted octanol–water partition coefficient (Wildman–Crippen LogP) is 5.11. The average Bonchev–Trinajstić information content (AvgIpc) is 3.25. The van der Waals surface area contributed by atoms with Gasteiger partial charge >= 0.3 is 0 Å². The summed E-state index contributed by atoms with van der Waals surface area (Å²) in [4.78, 5) is 34.9. The van der Waals surface area contributed by atoms with Crippen molar-refractivity contribution in [3.05, 3.63) is 102 Å². The van der Waals surface area contributed by atoms with Gasteiger partial charge in [-0.2, -0.15) is 0 Å². The number of nitrogens with zero attached hydrogens (tertiary/aromatic N) is 4. The summed E-state index contributed by atoms with van der Waals surface area (Å²) >= 11 is 15.0. The highest BCUT2D eigenvalue weighted by molar-refractivity contribution is 7.98. The lowest BCUT2D eigenvalue weighted by molar-refractivity contribution is 0.659. The molecule has 0 saturated carbocycles. The molecule has 0 amide bonds. The van der Waals surface area contributed by atoms with Crippen molar-refractivity contribution in [2.45, 2.75) is 17.5 Å². The van der Waals surface area contributed by atoms with Crippen LogP contribution in [0.25, 0.3) is 15.9 Å². The topological polar surface area (TPSA) is 69.3 Å². The molecule has 0 aliphatic heterocycles. The number of thiophene rings is 1. The number of halogens is 2. The van der Waals surface area contributed by atoms with E-state index < -0.39 is 0 Å². The van der Waals surface area contributed by atoms with E-state index in [0.717, 1.165) is 5.56 Å². The molecule has 0 radical (unpaired) electrons. The Morgan fingerprint density at radius 2 is 1.88 bits per heavy atom.